The number of likely N-dealkylation sites (N-methyl/N-ethyl adjacent to an activating group) is 1. The zero-order valence-electron chi connectivity index (χ0n) is 10.1. The van der Waals surface area contributed by atoms with Gasteiger partial charge in [0, 0.05) is 7.05 Å². The summed E-state index contributed by atoms with van der Waals surface area (Å²) in [4.78, 5) is 12.7. The fourth-order valence-corrected chi connectivity index (χ4v) is 1.47. The van der Waals surface area contributed by atoms with E-state index in [1.54, 1.807) is 13.1 Å². The second-order valence-corrected chi connectivity index (χ2v) is 4.21. The van der Waals surface area contributed by atoms with Crippen LogP contribution < -0.4 is 10.5 Å². The van der Waals surface area contributed by atoms with E-state index < -0.39 is 0 Å². The van der Waals surface area contributed by atoms with Crippen molar-refractivity contribution in [3.63, 3.8) is 0 Å². The van der Waals surface area contributed by atoms with Crippen LogP contribution in [0.25, 0.3) is 0 Å². The molecular formula is C12H17ClN2O2. The number of hydrogen-bond acceptors (Lipinski definition) is 3. The zero-order valence-corrected chi connectivity index (χ0v) is 10.8. The maximum Gasteiger partial charge on any atom is 0.236 e. The molecule has 1 rings (SSSR count). The third-order valence-electron chi connectivity index (χ3n) is 2.37. The average Bonchev–Trinajstić information content (AvgIpc) is 2.32. The molecule has 1 aromatic carbocycles. The second kappa shape index (κ2) is 6.47. The van der Waals surface area contributed by atoms with Crippen molar-refractivity contribution in [2.24, 2.45) is 5.73 Å². The Morgan fingerprint density at radius 2 is 2.24 bits per heavy atom. The first kappa shape index (κ1) is 13.8. The molecule has 0 aliphatic rings. The predicted octanol–water partition coefficient (Wildman–Crippen LogP) is 1.44. The molecule has 0 saturated heterocycles. The number of halogens is 1. The van der Waals surface area contributed by atoms with Crippen LogP contribution in [0.1, 0.15) is 5.56 Å². The van der Waals surface area contributed by atoms with E-state index in [0.29, 0.717) is 23.9 Å². The summed E-state index contributed by atoms with van der Waals surface area (Å²) in [5.41, 5.74) is 6.33. The Kier molecular flexibility index (Phi) is 5.25. The maximum atomic E-state index is 11.2. The molecule has 0 heterocycles. The average molecular weight is 257 g/mol. The molecule has 0 fully saturated rings. The van der Waals surface area contributed by atoms with Crippen molar-refractivity contribution < 1.29 is 9.53 Å². The van der Waals surface area contributed by atoms with Crippen molar-refractivity contribution in [2.45, 2.75) is 6.92 Å². The van der Waals surface area contributed by atoms with E-state index in [9.17, 15) is 4.79 Å². The molecule has 0 aromatic heterocycles. The molecule has 94 valence electrons. The third kappa shape index (κ3) is 4.24. The van der Waals surface area contributed by atoms with Crippen LogP contribution in [0.2, 0.25) is 5.02 Å². The minimum Gasteiger partial charge on any atom is -0.490 e. The summed E-state index contributed by atoms with van der Waals surface area (Å²) in [6, 6.07) is 5.58. The molecule has 5 heteroatoms. The third-order valence-corrected chi connectivity index (χ3v) is 2.68. The summed E-state index contributed by atoms with van der Waals surface area (Å²) in [6.45, 7) is 2.86. The minimum atomic E-state index is -0.107. The smallest absolute Gasteiger partial charge is 0.236 e. The van der Waals surface area contributed by atoms with E-state index in [0.717, 1.165) is 5.56 Å². The number of benzene rings is 1. The molecule has 4 nitrogen and oxygen atoms in total. The number of amides is 1. The highest BCUT2D eigenvalue weighted by Crippen LogP contribution is 2.24. The Morgan fingerprint density at radius 1 is 1.53 bits per heavy atom. The highest BCUT2D eigenvalue weighted by atomic mass is 35.5. The molecule has 1 amide bonds. The van der Waals surface area contributed by atoms with Crippen LogP contribution in [-0.4, -0.2) is 37.6 Å². The van der Waals surface area contributed by atoms with Gasteiger partial charge < -0.3 is 15.4 Å². The predicted molar refractivity (Wildman–Crippen MR) is 68.4 cm³/mol. The number of ether oxygens (including phenoxy) is 1. The van der Waals surface area contributed by atoms with Crippen LogP contribution in [-0.2, 0) is 4.79 Å². The topological polar surface area (TPSA) is 55.6 Å². The number of carbonyl (C=O) groups is 1. The van der Waals surface area contributed by atoms with Gasteiger partial charge in [0.15, 0.2) is 0 Å². The fourth-order valence-electron chi connectivity index (χ4n) is 1.29. The van der Waals surface area contributed by atoms with Gasteiger partial charge in [-0.3, -0.25) is 4.79 Å². The van der Waals surface area contributed by atoms with E-state index >= 15 is 0 Å². The summed E-state index contributed by atoms with van der Waals surface area (Å²) in [7, 11) is 1.69. The fraction of sp³-hybridized carbons (Fsp3) is 0.417. The van der Waals surface area contributed by atoms with Gasteiger partial charge in [-0.15, -0.1) is 0 Å². The number of hydrogen-bond donors (Lipinski definition) is 1. The highest BCUT2D eigenvalue weighted by molar-refractivity contribution is 6.32. The Bertz CT molecular complexity index is 396. The SMILES string of the molecule is Cc1ccc(Cl)c(OCCN(C)C(=O)CN)c1. The number of aryl methyl sites for hydroxylation is 1. The molecule has 0 unspecified atom stereocenters. The van der Waals surface area contributed by atoms with Gasteiger partial charge in [0.2, 0.25) is 5.91 Å². The number of rotatable bonds is 5. The lowest BCUT2D eigenvalue weighted by Gasteiger charge is -2.16. The Hall–Kier alpha value is -1.26. The van der Waals surface area contributed by atoms with Crippen molar-refractivity contribution in [1.82, 2.24) is 4.90 Å². The Labute approximate surface area is 106 Å². The molecule has 1 aromatic rings. The van der Waals surface area contributed by atoms with E-state index in [2.05, 4.69) is 0 Å². The lowest BCUT2D eigenvalue weighted by atomic mass is 10.2. The molecule has 0 aliphatic heterocycles. The first-order valence-electron chi connectivity index (χ1n) is 5.37. The first-order valence-corrected chi connectivity index (χ1v) is 5.75. The molecule has 0 spiro atoms. The molecule has 0 radical (unpaired) electrons. The summed E-state index contributed by atoms with van der Waals surface area (Å²) in [6.07, 6.45) is 0. The van der Waals surface area contributed by atoms with Gasteiger partial charge in [-0.1, -0.05) is 17.7 Å². The van der Waals surface area contributed by atoms with E-state index in [1.807, 2.05) is 19.1 Å². The van der Waals surface area contributed by atoms with Gasteiger partial charge in [-0.2, -0.15) is 0 Å². The molecule has 0 atom stereocenters. The molecule has 0 bridgehead atoms. The van der Waals surface area contributed by atoms with Gasteiger partial charge >= 0.3 is 0 Å². The van der Waals surface area contributed by atoms with Crippen LogP contribution in [0.15, 0.2) is 18.2 Å². The van der Waals surface area contributed by atoms with E-state index in [4.69, 9.17) is 22.1 Å². The number of nitrogens with two attached hydrogens (primary N) is 1. The van der Waals surface area contributed by atoms with Gasteiger partial charge in [0.1, 0.15) is 12.4 Å². The monoisotopic (exact) mass is 256 g/mol. The van der Waals surface area contributed by atoms with E-state index in [1.165, 1.54) is 4.90 Å². The zero-order chi connectivity index (χ0) is 12.8. The van der Waals surface area contributed by atoms with Crippen molar-refractivity contribution in [2.75, 3.05) is 26.7 Å². The minimum absolute atomic E-state index is 0.0156. The van der Waals surface area contributed by atoms with Crippen molar-refractivity contribution in [1.29, 1.82) is 0 Å². The van der Waals surface area contributed by atoms with Gasteiger partial charge in [0.25, 0.3) is 0 Å². The molecule has 0 saturated carbocycles. The van der Waals surface area contributed by atoms with Gasteiger partial charge in [-0.25, -0.2) is 0 Å². The lowest BCUT2D eigenvalue weighted by molar-refractivity contribution is -0.128. The Morgan fingerprint density at radius 3 is 2.88 bits per heavy atom. The standard InChI is InChI=1S/C12H17ClN2O2/c1-9-3-4-10(13)11(7-9)17-6-5-15(2)12(16)8-14/h3-4,7H,5-6,8,14H2,1-2H3. The van der Waals surface area contributed by atoms with Crippen molar-refractivity contribution in [3.8, 4) is 5.75 Å². The molecular weight excluding hydrogens is 240 g/mol. The van der Waals surface area contributed by atoms with Gasteiger partial charge in [0.05, 0.1) is 18.1 Å². The molecule has 0 aliphatic carbocycles. The largest absolute Gasteiger partial charge is 0.490 e. The van der Waals surface area contributed by atoms with Gasteiger partial charge in [-0.05, 0) is 24.6 Å². The van der Waals surface area contributed by atoms with E-state index in [-0.39, 0.29) is 12.5 Å². The molecule has 17 heavy (non-hydrogen) atoms. The summed E-state index contributed by atoms with van der Waals surface area (Å²) < 4.78 is 5.52. The van der Waals surface area contributed by atoms with Crippen LogP contribution in [0.5, 0.6) is 5.75 Å². The highest BCUT2D eigenvalue weighted by Gasteiger charge is 2.06. The number of nitrogens with zero attached hydrogens (tertiary/aromatic N) is 1. The second-order valence-electron chi connectivity index (χ2n) is 3.80. The van der Waals surface area contributed by atoms with Crippen LogP contribution in [0.4, 0.5) is 0 Å². The summed E-state index contributed by atoms with van der Waals surface area (Å²) in [5, 5.41) is 0.573. The summed E-state index contributed by atoms with van der Waals surface area (Å²) >= 11 is 5.98. The van der Waals surface area contributed by atoms with Crippen LogP contribution in [0.3, 0.4) is 0 Å². The normalized spacial score (nSPS) is 10.1. The van der Waals surface area contributed by atoms with Crippen molar-refractivity contribution in [3.05, 3.63) is 28.8 Å². The Balaban J connectivity index is 2.45. The van der Waals surface area contributed by atoms with Crippen LogP contribution in [0, 0.1) is 6.92 Å². The van der Waals surface area contributed by atoms with Crippen molar-refractivity contribution >= 4 is 17.5 Å². The maximum absolute atomic E-state index is 11.2. The number of carbonyl (C=O) groups excluding carboxylic acids is 1. The van der Waals surface area contributed by atoms with Crippen LogP contribution >= 0.6 is 11.6 Å². The quantitative estimate of drug-likeness (QED) is 0.868. The first-order chi connectivity index (χ1) is 8.04. The summed E-state index contributed by atoms with van der Waals surface area (Å²) in [5.74, 6) is 0.532. The lowest BCUT2D eigenvalue weighted by Crippen LogP contribution is -2.35. The molecule has 2 N–H and O–H groups in total.